The molecule has 3 aromatic carbocycles. The molecular weight excluding hydrogens is 556 g/mol. The van der Waals surface area contributed by atoms with Crippen LogP contribution < -0.4 is 19.1 Å². The van der Waals surface area contributed by atoms with E-state index in [1.54, 1.807) is 13.8 Å². The molecule has 1 atom stereocenters. The molecule has 9 nitrogen and oxygen atoms in total. The number of fused-ring (bicyclic) bond motifs is 1. The van der Waals surface area contributed by atoms with E-state index in [1.165, 1.54) is 66.4 Å². The number of hydrogen-bond donors (Lipinski definition) is 1. The molecule has 218 valence electrons. The van der Waals surface area contributed by atoms with E-state index in [0.29, 0.717) is 17.9 Å². The second kappa shape index (κ2) is 12.5. The first kappa shape index (κ1) is 29.8. The molecule has 0 fully saturated rings. The Hall–Kier alpha value is -4.19. The fourth-order valence-electron chi connectivity index (χ4n) is 4.22. The van der Waals surface area contributed by atoms with Crippen molar-refractivity contribution in [2.24, 2.45) is 0 Å². The van der Waals surface area contributed by atoms with Gasteiger partial charge in [0.05, 0.1) is 10.6 Å². The third kappa shape index (κ3) is 7.12. The molecule has 0 aromatic heterocycles. The third-order valence-corrected chi connectivity index (χ3v) is 8.13. The molecular formula is C29H31F2N3O6S. The van der Waals surface area contributed by atoms with Gasteiger partial charge >= 0.3 is 0 Å². The summed E-state index contributed by atoms with van der Waals surface area (Å²) in [4.78, 5) is 27.8. The smallest absolute Gasteiger partial charge is 0.264 e. The van der Waals surface area contributed by atoms with Gasteiger partial charge in [0.25, 0.3) is 10.0 Å². The summed E-state index contributed by atoms with van der Waals surface area (Å²) in [6, 6.07) is 13.0. The predicted molar refractivity (Wildman–Crippen MR) is 148 cm³/mol. The summed E-state index contributed by atoms with van der Waals surface area (Å²) in [6.45, 7) is 4.83. The zero-order valence-electron chi connectivity index (χ0n) is 22.8. The van der Waals surface area contributed by atoms with Crippen molar-refractivity contribution < 1.29 is 36.3 Å². The maximum atomic E-state index is 14.0. The molecule has 0 radical (unpaired) electrons. The minimum Gasteiger partial charge on any atom is -0.486 e. The Morgan fingerprint density at radius 3 is 2.07 bits per heavy atom. The molecule has 1 aliphatic rings. The van der Waals surface area contributed by atoms with Crippen LogP contribution in [0.3, 0.4) is 0 Å². The lowest BCUT2D eigenvalue weighted by Crippen LogP contribution is -2.52. The maximum Gasteiger partial charge on any atom is 0.264 e. The first-order valence-corrected chi connectivity index (χ1v) is 14.4. The van der Waals surface area contributed by atoms with Crippen molar-refractivity contribution in [1.29, 1.82) is 0 Å². The molecule has 4 rings (SSSR count). The molecule has 0 aliphatic carbocycles. The van der Waals surface area contributed by atoms with E-state index in [2.05, 4.69) is 5.32 Å². The van der Waals surface area contributed by atoms with Gasteiger partial charge in [-0.3, -0.25) is 13.9 Å². The van der Waals surface area contributed by atoms with Gasteiger partial charge in [0.2, 0.25) is 11.8 Å². The minimum atomic E-state index is -4.39. The van der Waals surface area contributed by atoms with Gasteiger partial charge < -0.3 is 19.7 Å². The van der Waals surface area contributed by atoms with Gasteiger partial charge in [-0.2, -0.15) is 0 Å². The summed E-state index contributed by atoms with van der Waals surface area (Å²) < 4.78 is 67.1. The number of carbonyl (C=O) groups excluding carboxylic acids is 2. The number of anilines is 1. The first-order chi connectivity index (χ1) is 19.5. The molecule has 2 amide bonds. The zero-order valence-corrected chi connectivity index (χ0v) is 23.7. The van der Waals surface area contributed by atoms with E-state index in [9.17, 15) is 26.8 Å². The average Bonchev–Trinajstić information content (AvgIpc) is 2.95. The lowest BCUT2D eigenvalue weighted by atomic mass is 10.1. The highest BCUT2D eigenvalue weighted by molar-refractivity contribution is 7.92. The van der Waals surface area contributed by atoms with Crippen molar-refractivity contribution in [2.75, 3.05) is 24.1 Å². The van der Waals surface area contributed by atoms with Gasteiger partial charge in [-0.25, -0.2) is 17.2 Å². The number of halogens is 2. The first-order valence-electron chi connectivity index (χ1n) is 13.0. The summed E-state index contributed by atoms with van der Waals surface area (Å²) in [7, 11) is -4.39. The van der Waals surface area contributed by atoms with E-state index in [-0.39, 0.29) is 35.5 Å². The number of amides is 2. The van der Waals surface area contributed by atoms with Crippen LogP contribution in [0.5, 0.6) is 11.5 Å². The monoisotopic (exact) mass is 587 g/mol. The van der Waals surface area contributed by atoms with Crippen LogP contribution in [0.4, 0.5) is 14.5 Å². The third-order valence-electron chi connectivity index (χ3n) is 6.36. The SMILES string of the molecule is CC(C)NC(=O)[C@@H](C)N(Cc1ccc(F)cc1)C(=O)CN(c1ccc(F)cc1)S(=O)(=O)c1ccc2c(c1)OCCO2. The standard InChI is InChI=1S/C29H31F2N3O6S/c1-19(2)32-29(36)20(3)33(17-21-4-6-22(30)7-5-21)28(35)18-34(24-10-8-23(31)9-11-24)41(37,38)25-12-13-26-27(16-25)40-15-14-39-26/h4-13,16,19-20H,14-15,17-18H2,1-3H3,(H,32,36)/t20-/m1/s1. The van der Waals surface area contributed by atoms with Crippen LogP contribution in [0, 0.1) is 11.6 Å². The van der Waals surface area contributed by atoms with Gasteiger partial charge in [-0.15, -0.1) is 0 Å². The van der Waals surface area contributed by atoms with Gasteiger partial charge in [-0.1, -0.05) is 12.1 Å². The van der Waals surface area contributed by atoms with E-state index >= 15 is 0 Å². The lowest BCUT2D eigenvalue weighted by molar-refractivity contribution is -0.139. The Kier molecular flexibility index (Phi) is 9.11. The average molecular weight is 588 g/mol. The topological polar surface area (TPSA) is 105 Å². The van der Waals surface area contributed by atoms with Crippen LogP contribution in [0.25, 0.3) is 0 Å². The summed E-state index contributed by atoms with van der Waals surface area (Å²) in [5, 5.41) is 2.76. The summed E-state index contributed by atoms with van der Waals surface area (Å²) in [6.07, 6.45) is 0. The molecule has 41 heavy (non-hydrogen) atoms. The van der Waals surface area contributed by atoms with Gasteiger partial charge in [0.15, 0.2) is 11.5 Å². The Balaban J connectivity index is 1.72. The van der Waals surface area contributed by atoms with Crippen molar-refractivity contribution in [3.8, 4) is 11.5 Å². The molecule has 0 saturated heterocycles. The molecule has 0 spiro atoms. The van der Waals surface area contributed by atoms with E-state index in [4.69, 9.17) is 9.47 Å². The number of nitrogens with zero attached hydrogens (tertiary/aromatic N) is 2. The molecule has 12 heteroatoms. The van der Waals surface area contributed by atoms with Gasteiger partial charge in [0, 0.05) is 18.7 Å². The van der Waals surface area contributed by atoms with Crippen LogP contribution in [0.15, 0.2) is 71.6 Å². The van der Waals surface area contributed by atoms with Crippen molar-refractivity contribution in [1.82, 2.24) is 10.2 Å². The number of benzene rings is 3. The second-order valence-corrected chi connectivity index (χ2v) is 11.6. The van der Waals surface area contributed by atoms with E-state index in [0.717, 1.165) is 16.4 Å². The van der Waals surface area contributed by atoms with Crippen molar-refractivity contribution >= 4 is 27.5 Å². The summed E-state index contributed by atoms with van der Waals surface area (Å²) >= 11 is 0. The minimum absolute atomic E-state index is 0.0376. The van der Waals surface area contributed by atoms with Crippen molar-refractivity contribution in [3.05, 3.63) is 83.9 Å². The number of hydrogen-bond acceptors (Lipinski definition) is 6. The van der Waals surface area contributed by atoms with Crippen LogP contribution in [0.2, 0.25) is 0 Å². The summed E-state index contributed by atoms with van der Waals surface area (Å²) in [5.41, 5.74) is 0.572. The quantitative estimate of drug-likeness (QED) is 0.386. The molecule has 1 N–H and O–H groups in total. The fraction of sp³-hybridized carbons (Fsp3) is 0.310. The normalized spacial score (nSPS) is 13.4. The Morgan fingerprint density at radius 2 is 1.46 bits per heavy atom. The highest BCUT2D eigenvalue weighted by Gasteiger charge is 2.33. The Labute approximate surface area is 237 Å². The molecule has 0 unspecified atom stereocenters. The highest BCUT2D eigenvalue weighted by Crippen LogP contribution is 2.34. The summed E-state index contributed by atoms with van der Waals surface area (Å²) in [5.74, 6) is -1.58. The number of sulfonamides is 1. The Bertz CT molecular complexity index is 1500. The van der Waals surface area contributed by atoms with Gasteiger partial charge in [0.1, 0.15) is 37.4 Å². The molecule has 1 heterocycles. The maximum absolute atomic E-state index is 14.0. The second-order valence-electron chi connectivity index (χ2n) is 9.78. The fourth-order valence-corrected chi connectivity index (χ4v) is 5.65. The van der Waals surface area contributed by atoms with Crippen LogP contribution in [-0.2, 0) is 26.2 Å². The predicted octanol–water partition coefficient (Wildman–Crippen LogP) is 3.87. The lowest BCUT2D eigenvalue weighted by Gasteiger charge is -2.32. The van der Waals surface area contributed by atoms with E-state index < -0.39 is 46.1 Å². The number of rotatable bonds is 10. The number of ether oxygens (including phenoxy) is 2. The molecule has 3 aromatic rings. The largest absolute Gasteiger partial charge is 0.486 e. The van der Waals surface area contributed by atoms with E-state index in [1.807, 2.05) is 0 Å². The Morgan fingerprint density at radius 1 is 0.878 bits per heavy atom. The van der Waals surface area contributed by atoms with Crippen molar-refractivity contribution in [3.63, 3.8) is 0 Å². The molecule has 1 aliphatic heterocycles. The zero-order chi connectivity index (χ0) is 29.7. The highest BCUT2D eigenvalue weighted by atomic mass is 32.2. The van der Waals surface area contributed by atoms with Crippen LogP contribution in [0.1, 0.15) is 26.3 Å². The van der Waals surface area contributed by atoms with Gasteiger partial charge in [-0.05, 0) is 74.9 Å². The molecule has 0 saturated carbocycles. The molecule has 0 bridgehead atoms. The van der Waals surface area contributed by atoms with Crippen LogP contribution >= 0.6 is 0 Å². The number of carbonyl (C=O) groups is 2. The van der Waals surface area contributed by atoms with Crippen LogP contribution in [-0.4, -0.2) is 57.0 Å². The number of nitrogens with one attached hydrogen (secondary N) is 1. The van der Waals surface area contributed by atoms with Crippen molar-refractivity contribution in [2.45, 2.75) is 44.3 Å².